The van der Waals surface area contributed by atoms with Crippen molar-refractivity contribution in [1.29, 1.82) is 0 Å². The minimum absolute atomic E-state index is 0.0335. The zero-order valence-corrected chi connectivity index (χ0v) is 35.6. The maximum absolute atomic E-state index is 10.8. The first kappa shape index (κ1) is 43.7. The van der Waals surface area contributed by atoms with Crippen molar-refractivity contribution in [2.45, 2.75) is 169 Å². The Hall–Kier alpha value is -1.30. The summed E-state index contributed by atoms with van der Waals surface area (Å²) in [5.41, 5.74) is 3.03. The van der Waals surface area contributed by atoms with Gasteiger partial charge in [-0.1, -0.05) is 115 Å². The van der Waals surface area contributed by atoms with Gasteiger partial charge in [0, 0.05) is 12.2 Å². The molecule has 45 heavy (non-hydrogen) atoms. The smallest absolute Gasteiger partial charge is 0.328 e. The van der Waals surface area contributed by atoms with Crippen LogP contribution in [0.5, 0.6) is 0 Å². The van der Waals surface area contributed by atoms with Crippen molar-refractivity contribution in [2.75, 3.05) is 0 Å². The van der Waals surface area contributed by atoms with Gasteiger partial charge in [0.15, 0.2) is 25.0 Å². The van der Waals surface area contributed by atoms with Crippen LogP contribution in [0, 0.1) is 0 Å². The highest BCUT2D eigenvalue weighted by Crippen LogP contribution is 2.42. The van der Waals surface area contributed by atoms with Gasteiger partial charge >= 0.3 is 5.97 Å². The second kappa shape index (κ2) is 16.7. The van der Waals surface area contributed by atoms with E-state index in [1.54, 1.807) is 6.08 Å². The van der Waals surface area contributed by atoms with Gasteiger partial charge in [-0.15, -0.1) is 0 Å². The molecule has 0 spiro atoms. The van der Waals surface area contributed by atoms with E-state index in [9.17, 15) is 4.79 Å². The van der Waals surface area contributed by atoms with Crippen LogP contribution in [-0.2, 0) is 18.1 Å². The van der Waals surface area contributed by atoms with Gasteiger partial charge in [0.05, 0.1) is 12.2 Å². The van der Waals surface area contributed by atoms with Crippen molar-refractivity contribution in [3.8, 4) is 0 Å². The average Bonchev–Trinajstić information content (AvgIpc) is 2.79. The van der Waals surface area contributed by atoms with E-state index >= 15 is 0 Å². The lowest BCUT2D eigenvalue weighted by Gasteiger charge is -2.46. The molecule has 0 fully saturated rings. The standard InChI is InChI=1S/C37H70O5Si3/c1-28(25-30(3)23-24-34(38)39)21-20-22-29(2)26-32(41-44(16,17)36(8,9)10)33(42-45(18,19)37(11,12)13)27-31(4)40-43(14,15)35(5,6)7/h20-26,31-33H,27H2,1-19H3,(H,38,39)/t31-,32-,33-/m0/s1. The molecule has 0 radical (unpaired) electrons. The maximum atomic E-state index is 10.8. The summed E-state index contributed by atoms with van der Waals surface area (Å²) in [5, 5.41) is 9.12. The lowest BCUT2D eigenvalue weighted by Crippen LogP contribution is -2.52. The maximum Gasteiger partial charge on any atom is 0.328 e. The van der Waals surface area contributed by atoms with E-state index in [0.29, 0.717) is 0 Å². The fourth-order valence-electron chi connectivity index (χ4n) is 3.92. The number of allylic oxidation sites excluding steroid dienone is 8. The summed E-state index contributed by atoms with van der Waals surface area (Å²) in [6.45, 7) is 42.8. The molecule has 0 aromatic rings. The van der Waals surface area contributed by atoms with Crippen molar-refractivity contribution < 1.29 is 23.2 Å². The minimum atomic E-state index is -2.16. The van der Waals surface area contributed by atoms with Crippen LogP contribution >= 0.6 is 0 Å². The van der Waals surface area contributed by atoms with Crippen molar-refractivity contribution in [1.82, 2.24) is 0 Å². The predicted molar refractivity (Wildman–Crippen MR) is 204 cm³/mol. The van der Waals surface area contributed by atoms with Gasteiger partial charge in [-0.05, 0) is 88.5 Å². The molecule has 3 atom stereocenters. The van der Waals surface area contributed by atoms with Crippen molar-refractivity contribution >= 4 is 30.9 Å². The van der Waals surface area contributed by atoms with Crippen LogP contribution in [0.3, 0.4) is 0 Å². The SMILES string of the molecule is CC(=CC=CC(C)=C[C@H](O[Si](C)(C)C(C)(C)C)[C@H](C[C@H](C)O[Si](C)(C)C(C)(C)C)O[Si](C)(C)C(C)(C)C)C=C(C)C=CC(=O)O. The van der Waals surface area contributed by atoms with Crippen LogP contribution in [-0.4, -0.2) is 54.3 Å². The third kappa shape index (κ3) is 15.4. The van der Waals surface area contributed by atoms with Gasteiger partial charge in [-0.3, -0.25) is 0 Å². The van der Waals surface area contributed by atoms with Gasteiger partial charge in [0.25, 0.3) is 0 Å². The van der Waals surface area contributed by atoms with Crippen LogP contribution in [0.25, 0.3) is 0 Å². The van der Waals surface area contributed by atoms with E-state index in [1.807, 2.05) is 32.1 Å². The Kier molecular flexibility index (Phi) is 16.2. The Bertz CT molecular complexity index is 1120. The Morgan fingerprint density at radius 3 is 1.56 bits per heavy atom. The predicted octanol–water partition coefficient (Wildman–Crippen LogP) is 11.6. The Morgan fingerprint density at radius 1 is 0.667 bits per heavy atom. The molecule has 0 bridgehead atoms. The van der Waals surface area contributed by atoms with Gasteiger partial charge in [-0.2, -0.15) is 0 Å². The first-order valence-corrected chi connectivity index (χ1v) is 25.3. The fraction of sp³-hybridized carbons (Fsp3) is 0.703. The second-order valence-electron chi connectivity index (χ2n) is 17.4. The molecule has 0 aliphatic rings. The zero-order valence-electron chi connectivity index (χ0n) is 32.6. The summed E-state index contributed by atoms with van der Waals surface area (Å²) < 4.78 is 21.4. The molecule has 0 unspecified atom stereocenters. The molecule has 5 nitrogen and oxygen atoms in total. The van der Waals surface area contributed by atoms with Crippen LogP contribution < -0.4 is 0 Å². The molecular formula is C37H70O5Si3. The van der Waals surface area contributed by atoms with Gasteiger partial charge in [-0.25, -0.2) is 4.79 Å². The molecule has 0 aromatic heterocycles. The molecule has 8 heteroatoms. The molecule has 0 rings (SSSR count). The molecule has 1 N–H and O–H groups in total. The van der Waals surface area contributed by atoms with E-state index < -0.39 is 30.9 Å². The topological polar surface area (TPSA) is 65.0 Å². The monoisotopic (exact) mass is 678 g/mol. The summed E-state index contributed by atoms with van der Waals surface area (Å²) in [5.74, 6) is -0.948. The van der Waals surface area contributed by atoms with E-state index in [2.05, 4.69) is 128 Å². The average molecular weight is 679 g/mol. The van der Waals surface area contributed by atoms with Crippen LogP contribution in [0.2, 0.25) is 54.4 Å². The van der Waals surface area contributed by atoms with E-state index in [-0.39, 0.29) is 33.4 Å². The molecule has 0 saturated heterocycles. The van der Waals surface area contributed by atoms with Crippen LogP contribution in [0.15, 0.2) is 59.3 Å². The zero-order chi connectivity index (χ0) is 35.8. The fourth-order valence-corrected chi connectivity index (χ4v) is 7.97. The third-order valence-corrected chi connectivity index (χ3v) is 23.4. The summed E-state index contributed by atoms with van der Waals surface area (Å²) >= 11 is 0. The third-order valence-electron chi connectivity index (χ3n) is 9.81. The summed E-state index contributed by atoms with van der Waals surface area (Å²) in [7, 11) is -6.29. The minimum Gasteiger partial charge on any atom is -0.478 e. The highest BCUT2D eigenvalue weighted by atomic mass is 28.4. The lowest BCUT2D eigenvalue weighted by molar-refractivity contribution is -0.131. The first-order chi connectivity index (χ1) is 19.9. The van der Waals surface area contributed by atoms with E-state index in [1.165, 1.54) is 0 Å². The van der Waals surface area contributed by atoms with Crippen LogP contribution in [0.4, 0.5) is 0 Å². The molecular weight excluding hydrogens is 609 g/mol. The summed E-state index contributed by atoms with van der Waals surface area (Å²) in [4.78, 5) is 10.8. The highest BCUT2D eigenvalue weighted by Gasteiger charge is 2.45. The Labute approximate surface area is 281 Å². The molecule has 0 aliphatic heterocycles. The van der Waals surface area contributed by atoms with Crippen molar-refractivity contribution in [3.63, 3.8) is 0 Å². The number of carboxylic acids is 1. The number of hydrogen-bond acceptors (Lipinski definition) is 4. The number of carbonyl (C=O) groups is 1. The van der Waals surface area contributed by atoms with Gasteiger partial charge in [0.2, 0.25) is 0 Å². The molecule has 260 valence electrons. The Balaban J connectivity index is 6.79. The van der Waals surface area contributed by atoms with Gasteiger partial charge < -0.3 is 18.4 Å². The quantitative estimate of drug-likeness (QED) is 0.106. The van der Waals surface area contributed by atoms with Crippen molar-refractivity contribution in [3.05, 3.63) is 59.3 Å². The highest BCUT2D eigenvalue weighted by molar-refractivity contribution is 6.75. The van der Waals surface area contributed by atoms with Crippen LogP contribution in [0.1, 0.15) is 96.4 Å². The molecule has 0 saturated carbocycles. The first-order valence-electron chi connectivity index (χ1n) is 16.6. The molecule has 0 aromatic carbocycles. The molecule has 0 aliphatic carbocycles. The summed E-state index contributed by atoms with van der Waals surface area (Å²) in [6, 6.07) is 0. The largest absolute Gasteiger partial charge is 0.478 e. The normalized spacial score (nSPS) is 17.7. The van der Waals surface area contributed by atoms with E-state index in [4.69, 9.17) is 18.4 Å². The number of rotatable bonds is 15. The Morgan fingerprint density at radius 2 is 1.11 bits per heavy atom. The van der Waals surface area contributed by atoms with Crippen molar-refractivity contribution in [2.24, 2.45) is 0 Å². The molecule has 0 heterocycles. The summed E-state index contributed by atoms with van der Waals surface area (Å²) in [6.07, 6.45) is 13.6. The number of carboxylic acid groups (broad SMARTS) is 1. The lowest BCUT2D eigenvalue weighted by atomic mass is 10.0. The van der Waals surface area contributed by atoms with Gasteiger partial charge in [0.1, 0.15) is 0 Å². The second-order valence-corrected chi connectivity index (χ2v) is 31.7. The van der Waals surface area contributed by atoms with E-state index in [0.717, 1.165) is 29.2 Å². The molecule has 0 amide bonds. The number of aliphatic carboxylic acids is 1. The number of hydrogen-bond donors (Lipinski definition) is 1.